The maximum absolute atomic E-state index is 11.9. The first-order chi connectivity index (χ1) is 8.15. The summed E-state index contributed by atoms with van der Waals surface area (Å²) in [4.78, 5) is 22.7. The zero-order valence-corrected chi connectivity index (χ0v) is 10.4. The van der Waals surface area contributed by atoms with Crippen LogP contribution in [0, 0.1) is 5.92 Å². The molecule has 1 aliphatic carbocycles. The minimum atomic E-state index is -0.909. The number of rotatable bonds is 7. The highest BCUT2D eigenvalue weighted by atomic mass is 16.4. The highest BCUT2D eigenvalue weighted by molar-refractivity contribution is 5.85. The summed E-state index contributed by atoms with van der Waals surface area (Å²) in [6, 6.07) is 0. The van der Waals surface area contributed by atoms with Gasteiger partial charge in [0.05, 0.1) is 12.3 Å². The van der Waals surface area contributed by atoms with E-state index in [-0.39, 0.29) is 12.3 Å². The summed E-state index contributed by atoms with van der Waals surface area (Å²) in [5.74, 6) is -1.51. The first kappa shape index (κ1) is 13.7. The maximum atomic E-state index is 11.9. The van der Waals surface area contributed by atoms with Gasteiger partial charge in [0, 0.05) is 6.54 Å². The lowest BCUT2D eigenvalue weighted by Gasteiger charge is -2.16. The van der Waals surface area contributed by atoms with E-state index in [4.69, 9.17) is 5.11 Å². The van der Waals surface area contributed by atoms with Crippen molar-refractivity contribution in [1.82, 2.24) is 5.32 Å². The Hall–Kier alpha value is -1.32. The lowest BCUT2D eigenvalue weighted by Crippen LogP contribution is -2.33. The molecular weight excluding hydrogens is 218 g/mol. The number of allylic oxidation sites excluding steroid dienone is 1. The number of hydrogen-bond acceptors (Lipinski definition) is 2. The summed E-state index contributed by atoms with van der Waals surface area (Å²) in [5, 5.41) is 11.7. The molecule has 1 atom stereocenters. The summed E-state index contributed by atoms with van der Waals surface area (Å²) in [7, 11) is 0. The number of carboxylic acids is 1. The summed E-state index contributed by atoms with van der Waals surface area (Å²) >= 11 is 0. The lowest BCUT2D eigenvalue weighted by atomic mass is 9.94. The van der Waals surface area contributed by atoms with Crippen LogP contribution >= 0.6 is 0 Å². The lowest BCUT2D eigenvalue weighted by molar-refractivity contribution is -0.140. The van der Waals surface area contributed by atoms with Crippen molar-refractivity contribution in [3.63, 3.8) is 0 Å². The van der Waals surface area contributed by atoms with Gasteiger partial charge in [-0.15, -0.1) is 0 Å². The van der Waals surface area contributed by atoms with Gasteiger partial charge in [-0.2, -0.15) is 0 Å². The quantitative estimate of drug-likeness (QED) is 0.528. The summed E-state index contributed by atoms with van der Waals surface area (Å²) < 4.78 is 0. The summed E-state index contributed by atoms with van der Waals surface area (Å²) in [6.45, 7) is 2.69. The van der Waals surface area contributed by atoms with Crippen LogP contribution in [0.25, 0.3) is 0 Å². The highest BCUT2D eigenvalue weighted by Crippen LogP contribution is 2.27. The fourth-order valence-corrected chi connectivity index (χ4v) is 2.09. The topological polar surface area (TPSA) is 66.4 Å². The van der Waals surface area contributed by atoms with Crippen LogP contribution in [0.4, 0.5) is 0 Å². The predicted molar refractivity (Wildman–Crippen MR) is 65.6 cm³/mol. The molecule has 4 nitrogen and oxygen atoms in total. The van der Waals surface area contributed by atoms with Crippen LogP contribution in [0.3, 0.4) is 0 Å². The SMILES string of the molecule is CCCCNC(=O)C(CC(=O)O)C1=CCCC1. The number of amides is 1. The van der Waals surface area contributed by atoms with E-state index in [1.807, 2.05) is 6.08 Å². The Balaban J connectivity index is 2.55. The van der Waals surface area contributed by atoms with Crippen LogP contribution in [0.1, 0.15) is 45.4 Å². The van der Waals surface area contributed by atoms with Crippen LogP contribution in [-0.2, 0) is 9.59 Å². The fourth-order valence-electron chi connectivity index (χ4n) is 2.09. The van der Waals surface area contributed by atoms with Crippen LogP contribution in [0.5, 0.6) is 0 Å². The molecule has 0 aromatic rings. The van der Waals surface area contributed by atoms with E-state index >= 15 is 0 Å². The Labute approximate surface area is 102 Å². The highest BCUT2D eigenvalue weighted by Gasteiger charge is 2.26. The summed E-state index contributed by atoms with van der Waals surface area (Å²) in [5.41, 5.74) is 1.00. The number of carboxylic acid groups (broad SMARTS) is 1. The van der Waals surface area contributed by atoms with Crippen molar-refractivity contribution in [2.75, 3.05) is 6.54 Å². The van der Waals surface area contributed by atoms with E-state index < -0.39 is 11.9 Å². The zero-order valence-electron chi connectivity index (χ0n) is 10.4. The van der Waals surface area contributed by atoms with E-state index in [0.29, 0.717) is 6.54 Å². The third-order valence-electron chi connectivity index (χ3n) is 3.05. The largest absolute Gasteiger partial charge is 0.481 e. The Kier molecular flexibility index (Phi) is 5.73. The molecule has 2 N–H and O–H groups in total. The number of nitrogens with one attached hydrogen (secondary N) is 1. The fraction of sp³-hybridized carbons (Fsp3) is 0.692. The van der Waals surface area contributed by atoms with Crippen molar-refractivity contribution in [3.05, 3.63) is 11.6 Å². The molecule has 0 radical (unpaired) electrons. The van der Waals surface area contributed by atoms with E-state index in [0.717, 1.165) is 37.7 Å². The molecule has 0 spiro atoms. The first-order valence-electron chi connectivity index (χ1n) is 6.33. The molecule has 0 aliphatic heterocycles. The van der Waals surface area contributed by atoms with Gasteiger partial charge in [-0.3, -0.25) is 9.59 Å². The smallest absolute Gasteiger partial charge is 0.304 e. The van der Waals surface area contributed by atoms with E-state index in [1.165, 1.54) is 0 Å². The molecule has 4 heteroatoms. The van der Waals surface area contributed by atoms with E-state index in [1.54, 1.807) is 0 Å². The second-order valence-corrected chi connectivity index (χ2v) is 4.47. The van der Waals surface area contributed by atoms with Gasteiger partial charge in [0.15, 0.2) is 0 Å². The van der Waals surface area contributed by atoms with Crippen LogP contribution in [0.15, 0.2) is 11.6 Å². The molecule has 0 aromatic carbocycles. The van der Waals surface area contributed by atoms with Gasteiger partial charge < -0.3 is 10.4 Å². The standard InChI is InChI=1S/C13H21NO3/c1-2-3-8-14-13(17)11(9-12(15)16)10-6-4-5-7-10/h6,11H,2-5,7-9H2,1H3,(H,14,17)(H,15,16). The molecule has 0 saturated heterocycles. The summed E-state index contributed by atoms with van der Waals surface area (Å²) in [6.07, 6.45) is 6.74. The number of unbranched alkanes of at least 4 members (excludes halogenated alkanes) is 1. The minimum Gasteiger partial charge on any atom is -0.481 e. The molecule has 0 heterocycles. The third-order valence-corrected chi connectivity index (χ3v) is 3.05. The van der Waals surface area contributed by atoms with E-state index in [9.17, 15) is 9.59 Å². The number of carbonyl (C=O) groups is 2. The molecule has 1 rings (SSSR count). The number of hydrogen-bond donors (Lipinski definition) is 2. The van der Waals surface area contributed by atoms with Crippen molar-refractivity contribution in [3.8, 4) is 0 Å². The molecule has 0 fully saturated rings. The van der Waals surface area contributed by atoms with Crippen molar-refractivity contribution in [1.29, 1.82) is 0 Å². The van der Waals surface area contributed by atoms with Gasteiger partial charge in [0.2, 0.25) is 5.91 Å². The van der Waals surface area contributed by atoms with Crippen LogP contribution in [-0.4, -0.2) is 23.5 Å². The molecule has 0 aromatic heterocycles. The molecule has 1 amide bonds. The molecule has 1 unspecified atom stereocenters. The predicted octanol–water partition coefficient (Wildman–Crippen LogP) is 2.10. The molecular formula is C13H21NO3. The van der Waals surface area contributed by atoms with Crippen molar-refractivity contribution in [2.24, 2.45) is 5.92 Å². The Morgan fingerprint density at radius 1 is 1.53 bits per heavy atom. The van der Waals surface area contributed by atoms with Crippen LogP contribution in [0.2, 0.25) is 0 Å². The number of aliphatic carboxylic acids is 1. The van der Waals surface area contributed by atoms with Crippen molar-refractivity contribution >= 4 is 11.9 Å². The van der Waals surface area contributed by atoms with Crippen molar-refractivity contribution in [2.45, 2.75) is 45.4 Å². The first-order valence-corrected chi connectivity index (χ1v) is 6.33. The minimum absolute atomic E-state index is 0.0935. The van der Waals surface area contributed by atoms with Crippen molar-refractivity contribution < 1.29 is 14.7 Å². The second kappa shape index (κ2) is 7.09. The molecule has 0 saturated carbocycles. The molecule has 1 aliphatic rings. The molecule has 0 bridgehead atoms. The van der Waals surface area contributed by atoms with Gasteiger partial charge in [0.1, 0.15) is 0 Å². The van der Waals surface area contributed by atoms with Gasteiger partial charge in [0.25, 0.3) is 0 Å². The van der Waals surface area contributed by atoms with Gasteiger partial charge in [-0.1, -0.05) is 25.0 Å². The molecule has 17 heavy (non-hydrogen) atoms. The normalized spacial score (nSPS) is 16.4. The zero-order chi connectivity index (χ0) is 12.7. The molecule has 96 valence electrons. The maximum Gasteiger partial charge on any atom is 0.304 e. The van der Waals surface area contributed by atoms with Crippen LogP contribution < -0.4 is 5.32 Å². The Morgan fingerprint density at radius 2 is 2.29 bits per heavy atom. The Bertz CT molecular complexity index is 310. The average Bonchev–Trinajstić information content (AvgIpc) is 2.79. The van der Waals surface area contributed by atoms with Gasteiger partial charge in [-0.05, 0) is 25.7 Å². The Morgan fingerprint density at radius 3 is 2.82 bits per heavy atom. The monoisotopic (exact) mass is 239 g/mol. The third kappa shape index (κ3) is 4.59. The van der Waals surface area contributed by atoms with E-state index in [2.05, 4.69) is 12.2 Å². The second-order valence-electron chi connectivity index (χ2n) is 4.47. The van der Waals surface area contributed by atoms with Gasteiger partial charge >= 0.3 is 5.97 Å². The average molecular weight is 239 g/mol. The number of carbonyl (C=O) groups excluding carboxylic acids is 1. The van der Waals surface area contributed by atoms with Gasteiger partial charge in [-0.25, -0.2) is 0 Å².